The highest BCUT2D eigenvalue weighted by molar-refractivity contribution is 5.89. The highest BCUT2D eigenvalue weighted by atomic mass is 16.4. The molecule has 0 aliphatic rings. The van der Waals surface area contributed by atoms with Crippen molar-refractivity contribution < 1.29 is 19.8 Å². The molecule has 0 radical (unpaired) electrons. The number of aromatic hydroxyl groups is 1. The number of anilines is 1. The lowest BCUT2D eigenvalue weighted by molar-refractivity contribution is -0.299. The van der Waals surface area contributed by atoms with Crippen LogP contribution in [-0.2, 0) is 4.79 Å². The zero-order chi connectivity index (χ0) is 14.4. The van der Waals surface area contributed by atoms with Crippen molar-refractivity contribution in [3.05, 3.63) is 35.9 Å². The van der Waals surface area contributed by atoms with Crippen LogP contribution in [0.15, 0.2) is 30.4 Å². The first-order valence-electron chi connectivity index (χ1n) is 5.63. The molecule has 0 aliphatic heterocycles. The Morgan fingerprint density at radius 1 is 1.42 bits per heavy atom. The summed E-state index contributed by atoms with van der Waals surface area (Å²) in [5, 5.41) is 24.8. The fourth-order valence-electron chi connectivity index (χ4n) is 1.29. The van der Waals surface area contributed by atoms with E-state index < -0.39 is 12.0 Å². The molecule has 102 valence electrons. The van der Waals surface area contributed by atoms with Gasteiger partial charge in [-0.25, -0.2) is 4.79 Å². The van der Waals surface area contributed by atoms with Gasteiger partial charge < -0.3 is 25.6 Å². The number of carboxylic acid groups (broad SMARTS) is 1. The van der Waals surface area contributed by atoms with E-state index in [0.717, 1.165) is 0 Å². The summed E-state index contributed by atoms with van der Waals surface area (Å²) in [4.78, 5) is 21.8. The smallest absolute Gasteiger partial charge is 0.319 e. The lowest BCUT2D eigenvalue weighted by Gasteiger charge is -2.10. The number of urea groups is 1. The predicted molar refractivity (Wildman–Crippen MR) is 68.6 cm³/mol. The van der Waals surface area contributed by atoms with Gasteiger partial charge in [0.25, 0.3) is 0 Å². The molecule has 0 heterocycles. The zero-order valence-electron chi connectivity index (χ0n) is 10.5. The van der Waals surface area contributed by atoms with Crippen molar-refractivity contribution in [1.29, 1.82) is 0 Å². The molecule has 0 aromatic heterocycles. The number of benzene rings is 1. The molecule has 1 aromatic carbocycles. The molecule has 0 unspecified atom stereocenters. The molecular weight excluding hydrogens is 248 g/mol. The largest absolute Gasteiger partial charge is 0.545 e. The number of carbonyl (C=O) groups excluding carboxylic acids is 2. The molecule has 0 saturated carbocycles. The Bertz CT molecular complexity index is 511. The Labute approximate surface area is 110 Å². The molecule has 0 fully saturated rings. The van der Waals surface area contributed by atoms with Crippen molar-refractivity contribution in [3.63, 3.8) is 0 Å². The molecule has 0 aliphatic carbocycles. The number of hydrogen-bond acceptors (Lipinski definition) is 4. The third-order valence-electron chi connectivity index (χ3n) is 2.47. The van der Waals surface area contributed by atoms with E-state index in [-0.39, 0.29) is 24.3 Å². The molecule has 6 nitrogen and oxygen atoms in total. The standard InChI is InChI=1S/C13H16N2O4/c1-8-3-4-10(7-11(8)16)15-13(19)14-6-5-9(2)12(17)18/h3-4,7,16H,2,5-6H2,1H3,(H,17,18)(H2,14,15,19)/p-1. The van der Waals surface area contributed by atoms with E-state index in [1.165, 1.54) is 6.07 Å². The lowest BCUT2D eigenvalue weighted by Crippen LogP contribution is -2.31. The Balaban J connectivity index is 2.41. The molecule has 1 aromatic rings. The number of rotatable bonds is 5. The molecule has 0 bridgehead atoms. The SMILES string of the molecule is C=C(CCNC(=O)Nc1ccc(C)c(O)c1)C(=O)[O-]. The van der Waals surface area contributed by atoms with Gasteiger partial charge in [-0.1, -0.05) is 12.6 Å². The van der Waals surface area contributed by atoms with Gasteiger partial charge in [-0.05, 0) is 30.5 Å². The fourth-order valence-corrected chi connectivity index (χ4v) is 1.29. The maximum Gasteiger partial charge on any atom is 0.319 e. The molecule has 6 heteroatoms. The number of hydrogen-bond donors (Lipinski definition) is 3. The molecule has 0 spiro atoms. The van der Waals surface area contributed by atoms with Gasteiger partial charge in [-0.3, -0.25) is 0 Å². The van der Waals surface area contributed by atoms with Crippen molar-refractivity contribution in [2.75, 3.05) is 11.9 Å². The van der Waals surface area contributed by atoms with Gasteiger partial charge in [0.1, 0.15) is 5.75 Å². The number of carboxylic acids is 1. The third kappa shape index (κ3) is 4.71. The Hall–Kier alpha value is -2.50. The van der Waals surface area contributed by atoms with Crippen molar-refractivity contribution in [2.45, 2.75) is 13.3 Å². The predicted octanol–water partition coefficient (Wildman–Crippen LogP) is 0.518. The number of aliphatic carboxylic acids is 1. The van der Waals surface area contributed by atoms with E-state index in [1.54, 1.807) is 19.1 Å². The third-order valence-corrected chi connectivity index (χ3v) is 2.47. The number of phenols is 1. The van der Waals surface area contributed by atoms with Crippen LogP contribution in [0.4, 0.5) is 10.5 Å². The molecule has 19 heavy (non-hydrogen) atoms. The summed E-state index contributed by atoms with van der Waals surface area (Å²) in [5.74, 6) is -1.24. The normalized spacial score (nSPS) is 9.74. The quantitative estimate of drug-likeness (QED) is 0.674. The topological polar surface area (TPSA) is 101 Å². The number of phenolic OH excluding ortho intramolecular Hbond substituents is 1. The van der Waals surface area contributed by atoms with E-state index in [0.29, 0.717) is 11.3 Å². The summed E-state index contributed by atoms with van der Waals surface area (Å²) in [5.41, 5.74) is 1.07. The van der Waals surface area contributed by atoms with Gasteiger partial charge in [-0.15, -0.1) is 0 Å². The second kappa shape index (κ2) is 6.44. The highest BCUT2D eigenvalue weighted by Crippen LogP contribution is 2.20. The minimum absolute atomic E-state index is 0.0757. The van der Waals surface area contributed by atoms with Crippen molar-refractivity contribution in [2.24, 2.45) is 0 Å². The molecule has 1 rings (SSSR count). The minimum atomic E-state index is -1.33. The van der Waals surface area contributed by atoms with Crippen LogP contribution in [0.3, 0.4) is 0 Å². The Kier molecular flexibility index (Phi) is 4.93. The number of amides is 2. The maximum absolute atomic E-state index is 11.5. The van der Waals surface area contributed by atoms with Crippen LogP contribution in [0.1, 0.15) is 12.0 Å². The van der Waals surface area contributed by atoms with E-state index in [4.69, 9.17) is 0 Å². The maximum atomic E-state index is 11.5. The molecular formula is C13H15N2O4-. The van der Waals surface area contributed by atoms with Gasteiger partial charge in [0.05, 0.1) is 5.97 Å². The summed E-state index contributed by atoms with van der Waals surface area (Å²) in [6, 6.07) is 4.25. The van der Waals surface area contributed by atoms with Crippen LogP contribution in [0, 0.1) is 6.92 Å². The van der Waals surface area contributed by atoms with Crippen LogP contribution < -0.4 is 15.7 Å². The minimum Gasteiger partial charge on any atom is -0.545 e. The monoisotopic (exact) mass is 263 g/mol. The summed E-state index contributed by atoms with van der Waals surface area (Å²) < 4.78 is 0. The van der Waals surface area contributed by atoms with E-state index in [1.807, 2.05) is 0 Å². The van der Waals surface area contributed by atoms with Crippen LogP contribution in [0.25, 0.3) is 0 Å². The van der Waals surface area contributed by atoms with E-state index in [2.05, 4.69) is 17.2 Å². The van der Waals surface area contributed by atoms with E-state index >= 15 is 0 Å². The van der Waals surface area contributed by atoms with Gasteiger partial charge in [-0.2, -0.15) is 0 Å². The first-order valence-corrected chi connectivity index (χ1v) is 5.63. The number of nitrogens with one attached hydrogen (secondary N) is 2. The van der Waals surface area contributed by atoms with Crippen LogP contribution in [0.5, 0.6) is 5.75 Å². The number of carbonyl (C=O) groups is 2. The molecule has 3 N–H and O–H groups in total. The van der Waals surface area contributed by atoms with Crippen molar-refractivity contribution >= 4 is 17.7 Å². The van der Waals surface area contributed by atoms with Crippen LogP contribution in [-0.4, -0.2) is 23.7 Å². The lowest BCUT2D eigenvalue weighted by atomic mass is 10.2. The first-order chi connectivity index (χ1) is 8.90. The Morgan fingerprint density at radius 2 is 2.11 bits per heavy atom. The van der Waals surface area contributed by atoms with Gasteiger partial charge in [0.2, 0.25) is 0 Å². The molecule has 0 atom stereocenters. The number of aryl methyl sites for hydroxylation is 1. The van der Waals surface area contributed by atoms with Gasteiger partial charge in [0, 0.05) is 18.3 Å². The first kappa shape index (κ1) is 14.6. The van der Waals surface area contributed by atoms with Gasteiger partial charge in [0.15, 0.2) is 0 Å². The van der Waals surface area contributed by atoms with Crippen molar-refractivity contribution in [1.82, 2.24) is 5.32 Å². The van der Waals surface area contributed by atoms with Crippen LogP contribution >= 0.6 is 0 Å². The summed E-state index contributed by atoms with van der Waals surface area (Å²) in [6.07, 6.45) is 0.106. The molecule has 0 saturated heterocycles. The average molecular weight is 263 g/mol. The second-order valence-corrected chi connectivity index (χ2v) is 4.02. The Morgan fingerprint density at radius 3 is 2.68 bits per heavy atom. The fraction of sp³-hybridized carbons (Fsp3) is 0.231. The van der Waals surface area contributed by atoms with Crippen LogP contribution in [0.2, 0.25) is 0 Å². The average Bonchev–Trinajstić information content (AvgIpc) is 2.33. The second-order valence-electron chi connectivity index (χ2n) is 4.02. The summed E-state index contributed by atoms with van der Waals surface area (Å²) in [6.45, 7) is 5.17. The van der Waals surface area contributed by atoms with Gasteiger partial charge >= 0.3 is 6.03 Å². The summed E-state index contributed by atoms with van der Waals surface area (Å²) in [7, 11) is 0. The molecule has 2 amide bonds. The zero-order valence-corrected chi connectivity index (χ0v) is 10.5. The summed E-state index contributed by atoms with van der Waals surface area (Å²) >= 11 is 0. The van der Waals surface area contributed by atoms with Crippen molar-refractivity contribution in [3.8, 4) is 5.75 Å². The highest BCUT2D eigenvalue weighted by Gasteiger charge is 2.04. The van der Waals surface area contributed by atoms with E-state index in [9.17, 15) is 19.8 Å².